The number of hydrogen-bond donors (Lipinski definition) is 2. The van der Waals surface area contributed by atoms with Gasteiger partial charge in [-0.2, -0.15) is 0 Å². The number of halogens is 1. The third kappa shape index (κ3) is 5.57. The number of rotatable bonds is 5. The van der Waals surface area contributed by atoms with Gasteiger partial charge >= 0.3 is 0 Å². The summed E-state index contributed by atoms with van der Waals surface area (Å²) in [4.78, 5) is 20.3. The van der Waals surface area contributed by atoms with Gasteiger partial charge in [0.2, 0.25) is 5.91 Å². The second-order valence-electron chi connectivity index (χ2n) is 9.29. The second kappa shape index (κ2) is 8.72. The quantitative estimate of drug-likeness (QED) is 0.729. The van der Waals surface area contributed by atoms with Crippen molar-refractivity contribution >= 4 is 28.8 Å². The summed E-state index contributed by atoms with van der Waals surface area (Å²) in [5, 5.41) is 17.0. The number of aromatic nitrogens is 1. The highest BCUT2D eigenvalue weighted by atomic mass is 35.5. The molecular formula is C22H30ClN3O2S. The highest BCUT2D eigenvalue weighted by molar-refractivity contribution is 7.10. The lowest BCUT2D eigenvalue weighted by atomic mass is 9.81. The van der Waals surface area contributed by atoms with Crippen molar-refractivity contribution in [3.63, 3.8) is 0 Å². The highest BCUT2D eigenvalue weighted by Crippen LogP contribution is 2.40. The summed E-state index contributed by atoms with van der Waals surface area (Å²) in [6.45, 7) is 9.29. The van der Waals surface area contributed by atoms with Gasteiger partial charge in [0.05, 0.1) is 22.7 Å². The Morgan fingerprint density at radius 2 is 2.21 bits per heavy atom. The molecule has 1 fully saturated rings. The van der Waals surface area contributed by atoms with Crippen LogP contribution in [0.2, 0.25) is 5.02 Å². The predicted octanol–water partition coefficient (Wildman–Crippen LogP) is 4.42. The van der Waals surface area contributed by atoms with Crippen LogP contribution in [0.25, 0.3) is 0 Å². The minimum Gasteiger partial charge on any atom is -0.388 e. The number of aliphatic hydroxyl groups is 1. The maximum absolute atomic E-state index is 12.8. The number of likely N-dealkylation sites (tertiary alicyclic amines) is 1. The molecule has 2 N–H and O–H groups in total. The summed E-state index contributed by atoms with van der Waals surface area (Å²) in [5.74, 6) is -0.0341. The Balaban J connectivity index is 1.92. The maximum atomic E-state index is 12.8. The Kier molecular flexibility index (Phi) is 6.68. The molecule has 1 aliphatic heterocycles. The summed E-state index contributed by atoms with van der Waals surface area (Å²) in [6, 6.07) is 5.46. The first-order valence-electron chi connectivity index (χ1n) is 9.94. The molecule has 0 radical (unpaired) electrons. The molecule has 0 bridgehead atoms. The molecule has 158 valence electrons. The van der Waals surface area contributed by atoms with E-state index in [-0.39, 0.29) is 17.4 Å². The zero-order valence-electron chi connectivity index (χ0n) is 17.5. The molecule has 1 saturated heterocycles. The minimum atomic E-state index is -0.999. The fourth-order valence-corrected chi connectivity index (χ4v) is 4.96. The third-order valence-electron chi connectivity index (χ3n) is 5.36. The van der Waals surface area contributed by atoms with Crippen molar-refractivity contribution in [1.82, 2.24) is 15.2 Å². The molecule has 2 aromatic heterocycles. The van der Waals surface area contributed by atoms with Crippen molar-refractivity contribution < 1.29 is 9.90 Å². The number of thiophene rings is 1. The van der Waals surface area contributed by atoms with Crippen LogP contribution in [0.5, 0.6) is 0 Å². The Bertz CT molecular complexity index is 833. The second-order valence-corrected chi connectivity index (χ2v) is 10.7. The summed E-state index contributed by atoms with van der Waals surface area (Å²) < 4.78 is 0. The van der Waals surface area contributed by atoms with Gasteiger partial charge in [-0.25, -0.2) is 0 Å². The van der Waals surface area contributed by atoms with E-state index in [1.165, 1.54) is 0 Å². The molecule has 29 heavy (non-hydrogen) atoms. The van der Waals surface area contributed by atoms with Crippen LogP contribution in [-0.2, 0) is 11.3 Å². The van der Waals surface area contributed by atoms with Gasteiger partial charge in [0, 0.05) is 36.8 Å². The summed E-state index contributed by atoms with van der Waals surface area (Å²) in [6.07, 6.45) is 4.37. The molecular weight excluding hydrogens is 406 g/mol. The number of piperidine rings is 1. The zero-order valence-corrected chi connectivity index (χ0v) is 19.1. The SMILES string of the molecule is CC(C)(C)CC(=O)NC1C(c2cccs2)N(Cc2ccncc2Cl)CCC1(C)O. The van der Waals surface area contributed by atoms with Crippen LogP contribution in [0, 0.1) is 5.41 Å². The van der Waals surface area contributed by atoms with Crippen molar-refractivity contribution in [2.24, 2.45) is 5.41 Å². The van der Waals surface area contributed by atoms with Crippen molar-refractivity contribution in [1.29, 1.82) is 0 Å². The van der Waals surface area contributed by atoms with Crippen LogP contribution in [-0.4, -0.2) is 39.1 Å². The van der Waals surface area contributed by atoms with E-state index in [2.05, 4.69) is 21.3 Å². The van der Waals surface area contributed by atoms with E-state index < -0.39 is 11.6 Å². The van der Waals surface area contributed by atoms with E-state index in [0.717, 1.165) is 10.4 Å². The van der Waals surface area contributed by atoms with Gasteiger partial charge in [0.15, 0.2) is 0 Å². The molecule has 5 nitrogen and oxygen atoms in total. The smallest absolute Gasteiger partial charge is 0.220 e. The molecule has 0 aromatic carbocycles. The molecule has 2 aromatic rings. The van der Waals surface area contributed by atoms with Crippen molar-refractivity contribution in [2.75, 3.05) is 6.54 Å². The van der Waals surface area contributed by atoms with Gasteiger partial charge in [0.25, 0.3) is 0 Å². The third-order valence-corrected chi connectivity index (χ3v) is 6.64. The van der Waals surface area contributed by atoms with Crippen LogP contribution < -0.4 is 5.32 Å². The van der Waals surface area contributed by atoms with Crippen molar-refractivity contribution in [3.05, 3.63) is 51.4 Å². The fraction of sp³-hybridized carbons (Fsp3) is 0.545. The number of pyridine rings is 1. The number of hydrogen-bond acceptors (Lipinski definition) is 5. The summed E-state index contributed by atoms with van der Waals surface area (Å²) >= 11 is 8.00. The van der Waals surface area contributed by atoms with E-state index in [0.29, 0.717) is 31.0 Å². The van der Waals surface area contributed by atoms with Crippen molar-refractivity contribution in [3.8, 4) is 0 Å². The van der Waals surface area contributed by atoms with E-state index in [1.54, 1.807) is 23.7 Å². The first-order chi connectivity index (χ1) is 13.6. The monoisotopic (exact) mass is 435 g/mol. The first kappa shape index (κ1) is 22.2. The van der Waals surface area contributed by atoms with Gasteiger partial charge in [-0.15, -0.1) is 11.3 Å². The molecule has 3 atom stereocenters. The predicted molar refractivity (Wildman–Crippen MR) is 118 cm³/mol. The average molecular weight is 436 g/mol. The lowest BCUT2D eigenvalue weighted by Gasteiger charge is -2.49. The zero-order chi connectivity index (χ0) is 21.2. The van der Waals surface area contributed by atoms with Gasteiger partial charge in [0.1, 0.15) is 0 Å². The van der Waals surface area contributed by atoms with E-state index >= 15 is 0 Å². The van der Waals surface area contributed by atoms with Crippen LogP contribution in [0.1, 0.15) is 57.0 Å². The number of nitrogens with one attached hydrogen (secondary N) is 1. The van der Waals surface area contributed by atoms with Crippen LogP contribution >= 0.6 is 22.9 Å². The Morgan fingerprint density at radius 3 is 2.83 bits per heavy atom. The number of carbonyl (C=O) groups excluding carboxylic acids is 1. The highest BCUT2D eigenvalue weighted by Gasteiger charge is 2.46. The first-order valence-corrected chi connectivity index (χ1v) is 11.2. The molecule has 0 saturated carbocycles. The van der Waals surface area contributed by atoms with Crippen LogP contribution in [0.15, 0.2) is 36.0 Å². The van der Waals surface area contributed by atoms with Crippen LogP contribution in [0.4, 0.5) is 0 Å². The molecule has 1 amide bonds. The van der Waals surface area contributed by atoms with E-state index in [1.807, 2.05) is 45.2 Å². The maximum Gasteiger partial charge on any atom is 0.220 e. The number of carbonyl (C=O) groups is 1. The Hall–Kier alpha value is -1.47. The standard InChI is InChI=1S/C22H30ClN3O2S/c1-21(2,3)12-18(27)25-20-19(17-6-5-11-29-17)26(10-8-22(20,4)28)14-15-7-9-24-13-16(15)23/h5-7,9,11,13,19-20,28H,8,10,12,14H2,1-4H3,(H,25,27). The number of nitrogens with zero attached hydrogens (tertiary/aromatic N) is 2. The molecule has 0 aliphatic carbocycles. The lowest BCUT2D eigenvalue weighted by Crippen LogP contribution is -2.62. The number of amides is 1. The molecule has 3 unspecified atom stereocenters. The topological polar surface area (TPSA) is 65.5 Å². The Morgan fingerprint density at radius 1 is 1.45 bits per heavy atom. The largest absolute Gasteiger partial charge is 0.388 e. The molecule has 7 heteroatoms. The van der Waals surface area contributed by atoms with E-state index in [9.17, 15) is 9.90 Å². The normalized spacial score (nSPS) is 25.7. The van der Waals surface area contributed by atoms with Crippen molar-refractivity contribution in [2.45, 2.75) is 64.8 Å². The summed E-state index contributed by atoms with van der Waals surface area (Å²) in [7, 11) is 0. The molecule has 3 rings (SSSR count). The average Bonchev–Trinajstić information content (AvgIpc) is 3.12. The van der Waals surface area contributed by atoms with E-state index in [4.69, 9.17) is 11.6 Å². The van der Waals surface area contributed by atoms with Gasteiger partial charge in [-0.05, 0) is 41.8 Å². The fourth-order valence-electron chi connectivity index (χ4n) is 3.89. The summed E-state index contributed by atoms with van der Waals surface area (Å²) in [5.41, 5.74) is -0.127. The van der Waals surface area contributed by atoms with Gasteiger partial charge < -0.3 is 10.4 Å². The molecule has 3 heterocycles. The molecule has 0 spiro atoms. The minimum absolute atomic E-state index is 0.0341. The molecule has 1 aliphatic rings. The Labute approximate surface area is 182 Å². The van der Waals surface area contributed by atoms with Crippen LogP contribution in [0.3, 0.4) is 0 Å². The van der Waals surface area contributed by atoms with Gasteiger partial charge in [-0.1, -0.05) is 38.4 Å². The van der Waals surface area contributed by atoms with Gasteiger partial charge in [-0.3, -0.25) is 14.7 Å². The lowest BCUT2D eigenvalue weighted by molar-refractivity contribution is -0.130.